The molecular weight excluding hydrogens is 212 g/mol. The predicted octanol–water partition coefficient (Wildman–Crippen LogP) is 1.31. The average molecular weight is 224 g/mol. The molecule has 15 heavy (non-hydrogen) atoms. The second-order valence-electron chi connectivity index (χ2n) is 2.74. The van der Waals surface area contributed by atoms with Crippen LogP contribution in [0.15, 0.2) is 30.3 Å². The lowest BCUT2D eigenvalue weighted by molar-refractivity contribution is -0.138. The van der Waals surface area contributed by atoms with Crippen LogP contribution in [0.4, 0.5) is 0 Å². The molecule has 5 heteroatoms. The molecular formula is C10H12N2O2S. The summed E-state index contributed by atoms with van der Waals surface area (Å²) < 4.78 is 0. The van der Waals surface area contributed by atoms with Gasteiger partial charge in [0.25, 0.3) is 0 Å². The van der Waals surface area contributed by atoms with E-state index in [4.69, 9.17) is 16.2 Å². The molecule has 4 N–H and O–H groups in total. The van der Waals surface area contributed by atoms with Gasteiger partial charge in [-0.3, -0.25) is 4.79 Å². The summed E-state index contributed by atoms with van der Waals surface area (Å²) in [5.74, 6) is -0.959. The SMILES string of the molecule is N=C=S.NC(Cc1ccccc1)C(=O)O. The number of hydrogen-bond acceptors (Lipinski definition) is 4. The Morgan fingerprint density at radius 3 is 2.40 bits per heavy atom. The monoisotopic (exact) mass is 224 g/mol. The lowest BCUT2D eigenvalue weighted by Gasteiger charge is -2.04. The number of carboxylic acids is 1. The molecule has 0 heterocycles. The van der Waals surface area contributed by atoms with E-state index in [1.807, 2.05) is 30.3 Å². The van der Waals surface area contributed by atoms with Gasteiger partial charge in [0.1, 0.15) is 6.04 Å². The molecule has 1 aromatic rings. The van der Waals surface area contributed by atoms with Gasteiger partial charge in [-0.05, 0) is 24.2 Å². The second kappa shape index (κ2) is 7.82. The molecule has 0 bridgehead atoms. The van der Waals surface area contributed by atoms with Crippen LogP contribution in [0, 0.1) is 5.41 Å². The standard InChI is InChI=1S/C9H11NO2.CHNS/c10-8(9(11)12)6-7-4-2-1-3-5-7;2-1-3/h1-5,8H,6,10H2,(H,11,12);2H. The maximum absolute atomic E-state index is 10.4. The fourth-order valence-corrected chi connectivity index (χ4v) is 0.955. The van der Waals surface area contributed by atoms with Crippen LogP contribution < -0.4 is 5.73 Å². The first kappa shape index (κ1) is 13.4. The van der Waals surface area contributed by atoms with Crippen LogP contribution in [-0.4, -0.2) is 22.3 Å². The van der Waals surface area contributed by atoms with Gasteiger partial charge in [-0.1, -0.05) is 30.3 Å². The zero-order chi connectivity index (χ0) is 11.7. The Kier molecular flexibility index (Phi) is 7.01. The van der Waals surface area contributed by atoms with Gasteiger partial charge in [-0.15, -0.1) is 0 Å². The number of carboxylic acid groups (broad SMARTS) is 1. The lowest BCUT2D eigenvalue weighted by atomic mass is 10.1. The second-order valence-corrected chi connectivity index (χ2v) is 2.94. The highest BCUT2D eigenvalue weighted by Gasteiger charge is 2.10. The van der Waals surface area contributed by atoms with Gasteiger partial charge in [-0.25, -0.2) is 5.41 Å². The van der Waals surface area contributed by atoms with Gasteiger partial charge in [0, 0.05) is 0 Å². The summed E-state index contributed by atoms with van der Waals surface area (Å²) in [5, 5.41) is 15.9. The van der Waals surface area contributed by atoms with Crippen LogP contribution in [0.25, 0.3) is 0 Å². The molecule has 4 nitrogen and oxygen atoms in total. The molecule has 80 valence electrons. The van der Waals surface area contributed by atoms with Crippen molar-refractivity contribution in [1.82, 2.24) is 0 Å². The predicted molar refractivity (Wildman–Crippen MR) is 61.1 cm³/mol. The van der Waals surface area contributed by atoms with Gasteiger partial charge in [-0.2, -0.15) is 0 Å². The van der Waals surface area contributed by atoms with E-state index in [1.165, 1.54) is 0 Å². The highest BCUT2D eigenvalue weighted by atomic mass is 32.1. The van der Waals surface area contributed by atoms with E-state index in [0.29, 0.717) is 6.42 Å². The minimum Gasteiger partial charge on any atom is -0.480 e. The van der Waals surface area contributed by atoms with Crippen molar-refractivity contribution >= 4 is 23.3 Å². The number of hydrogen-bond donors (Lipinski definition) is 3. The Bertz CT molecular complexity index is 335. The van der Waals surface area contributed by atoms with E-state index in [1.54, 1.807) is 5.16 Å². The molecule has 1 rings (SSSR count). The topological polar surface area (TPSA) is 87.2 Å². The Labute approximate surface area is 93.2 Å². The maximum atomic E-state index is 10.4. The minimum atomic E-state index is -0.959. The molecule has 1 unspecified atom stereocenters. The number of nitrogens with one attached hydrogen (secondary N) is 1. The number of nitrogens with two attached hydrogens (primary N) is 1. The Morgan fingerprint density at radius 2 is 2.00 bits per heavy atom. The van der Waals surface area contributed by atoms with Crippen molar-refractivity contribution in [1.29, 1.82) is 5.41 Å². The van der Waals surface area contributed by atoms with E-state index in [0.717, 1.165) is 5.56 Å². The van der Waals surface area contributed by atoms with Crippen molar-refractivity contribution in [3.05, 3.63) is 35.9 Å². The van der Waals surface area contributed by atoms with Crippen molar-refractivity contribution < 1.29 is 9.90 Å². The first-order chi connectivity index (χ1) is 7.11. The van der Waals surface area contributed by atoms with E-state index in [2.05, 4.69) is 12.2 Å². The summed E-state index contributed by atoms with van der Waals surface area (Å²) in [5.41, 5.74) is 6.30. The first-order valence-corrected chi connectivity index (χ1v) is 4.58. The summed E-state index contributed by atoms with van der Waals surface area (Å²) in [7, 11) is 0. The van der Waals surface area contributed by atoms with Gasteiger partial charge in [0.05, 0.1) is 5.16 Å². The Hall–Kier alpha value is -1.55. The molecule has 0 amide bonds. The van der Waals surface area contributed by atoms with Crippen molar-refractivity contribution in [3.63, 3.8) is 0 Å². The van der Waals surface area contributed by atoms with Crippen molar-refractivity contribution in [2.75, 3.05) is 0 Å². The third-order valence-corrected chi connectivity index (χ3v) is 1.62. The zero-order valence-corrected chi connectivity index (χ0v) is 8.83. The van der Waals surface area contributed by atoms with E-state index >= 15 is 0 Å². The van der Waals surface area contributed by atoms with Crippen molar-refractivity contribution in [2.24, 2.45) is 5.73 Å². The normalized spacial score (nSPS) is 10.5. The zero-order valence-electron chi connectivity index (χ0n) is 8.01. The average Bonchev–Trinajstić information content (AvgIpc) is 2.20. The summed E-state index contributed by atoms with van der Waals surface area (Å²) in [4.78, 5) is 10.4. The lowest BCUT2D eigenvalue weighted by Crippen LogP contribution is -2.32. The summed E-state index contributed by atoms with van der Waals surface area (Å²) in [6, 6.07) is 8.54. The van der Waals surface area contributed by atoms with Gasteiger partial charge < -0.3 is 10.8 Å². The molecule has 0 aliphatic carbocycles. The van der Waals surface area contributed by atoms with E-state index < -0.39 is 12.0 Å². The van der Waals surface area contributed by atoms with E-state index in [-0.39, 0.29) is 0 Å². The molecule has 1 aromatic carbocycles. The number of aliphatic carboxylic acids is 1. The summed E-state index contributed by atoms with van der Waals surface area (Å²) in [6.07, 6.45) is 0.385. The van der Waals surface area contributed by atoms with Crippen LogP contribution in [0.2, 0.25) is 0 Å². The molecule has 0 aliphatic rings. The summed E-state index contributed by atoms with van der Waals surface area (Å²) >= 11 is 3.81. The number of rotatable bonds is 3. The number of isothiocyanates is 1. The minimum absolute atomic E-state index is 0.385. The number of carbonyl (C=O) groups is 1. The molecule has 0 aliphatic heterocycles. The number of benzene rings is 1. The van der Waals surface area contributed by atoms with Gasteiger partial charge >= 0.3 is 5.97 Å². The summed E-state index contributed by atoms with van der Waals surface area (Å²) in [6.45, 7) is 0. The third-order valence-electron chi connectivity index (χ3n) is 1.62. The first-order valence-electron chi connectivity index (χ1n) is 4.18. The molecule has 0 saturated heterocycles. The third kappa shape index (κ3) is 6.51. The van der Waals surface area contributed by atoms with Crippen LogP contribution in [0.1, 0.15) is 5.56 Å². The molecule has 1 atom stereocenters. The number of thiocarbonyl (C=S) groups is 1. The molecule has 0 radical (unpaired) electrons. The largest absolute Gasteiger partial charge is 0.480 e. The van der Waals surface area contributed by atoms with E-state index in [9.17, 15) is 4.79 Å². The van der Waals surface area contributed by atoms with Crippen LogP contribution in [0.3, 0.4) is 0 Å². The van der Waals surface area contributed by atoms with Gasteiger partial charge in [0.2, 0.25) is 0 Å². The van der Waals surface area contributed by atoms with Crippen LogP contribution in [0.5, 0.6) is 0 Å². The highest BCUT2D eigenvalue weighted by molar-refractivity contribution is 7.78. The van der Waals surface area contributed by atoms with Gasteiger partial charge in [0.15, 0.2) is 0 Å². The quantitative estimate of drug-likeness (QED) is 0.533. The molecule has 0 spiro atoms. The highest BCUT2D eigenvalue weighted by Crippen LogP contribution is 2.01. The van der Waals surface area contributed by atoms with Crippen molar-refractivity contribution in [2.45, 2.75) is 12.5 Å². The Morgan fingerprint density at radius 1 is 1.53 bits per heavy atom. The van der Waals surface area contributed by atoms with Crippen LogP contribution in [-0.2, 0) is 11.2 Å². The smallest absolute Gasteiger partial charge is 0.320 e. The Balaban J connectivity index is 0.000000583. The van der Waals surface area contributed by atoms with Crippen LogP contribution >= 0.6 is 12.2 Å². The maximum Gasteiger partial charge on any atom is 0.320 e. The fourth-order valence-electron chi connectivity index (χ4n) is 0.955. The molecule has 0 aromatic heterocycles. The van der Waals surface area contributed by atoms with Crippen molar-refractivity contribution in [3.8, 4) is 0 Å². The fraction of sp³-hybridized carbons (Fsp3) is 0.200. The molecule has 0 fully saturated rings. The molecule has 0 saturated carbocycles.